The van der Waals surface area contributed by atoms with Crippen molar-refractivity contribution >= 4 is 16.7 Å². The van der Waals surface area contributed by atoms with Crippen LogP contribution in [0.25, 0.3) is 10.9 Å². The number of nitrogens with zero attached hydrogens (tertiary/aromatic N) is 2. The minimum absolute atomic E-state index is 0.0870. The molecule has 3 heteroatoms. The maximum Gasteiger partial charge on any atom is 0.160 e. The van der Waals surface area contributed by atoms with Crippen LogP contribution in [0.1, 0.15) is 37.2 Å². The van der Waals surface area contributed by atoms with Gasteiger partial charge in [-0.3, -0.25) is 9.48 Å². The molecule has 0 spiro atoms. The summed E-state index contributed by atoms with van der Waals surface area (Å²) in [6, 6.07) is 6.05. The highest BCUT2D eigenvalue weighted by Crippen LogP contribution is 2.21. The minimum Gasteiger partial charge on any atom is -0.294 e. The second-order valence-electron chi connectivity index (χ2n) is 3.98. The van der Waals surface area contributed by atoms with Gasteiger partial charge in [-0.15, -0.1) is 0 Å². The van der Waals surface area contributed by atoms with Crippen LogP contribution in [0, 0.1) is 0 Å². The summed E-state index contributed by atoms with van der Waals surface area (Å²) in [6.45, 7) is 5.74. The lowest BCUT2D eigenvalue weighted by Crippen LogP contribution is -2.02. The predicted octanol–water partition coefficient (Wildman–Crippen LogP) is 2.82. The molecule has 2 rings (SSSR count). The lowest BCUT2D eigenvalue weighted by Gasteiger charge is -2.07. The number of aromatic nitrogens is 2. The van der Waals surface area contributed by atoms with Crippen molar-refractivity contribution in [2.75, 3.05) is 0 Å². The molecule has 1 heterocycles. The SMILES string of the molecule is CC(=O)c1cccc2c1cnn2C(C)C. The van der Waals surface area contributed by atoms with Crippen molar-refractivity contribution in [2.24, 2.45) is 0 Å². The lowest BCUT2D eigenvalue weighted by molar-refractivity contribution is 0.101. The number of carbonyl (C=O) groups is 1. The van der Waals surface area contributed by atoms with Gasteiger partial charge in [-0.2, -0.15) is 5.10 Å². The molecule has 78 valence electrons. The molecule has 0 aliphatic carbocycles. The molecular weight excluding hydrogens is 188 g/mol. The van der Waals surface area contributed by atoms with E-state index in [2.05, 4.69) is 18.9 Å². The van der Waals surface area contributed by atoms with Gasteiger partial charge in [0.25, 0.3) is 0 Å². The van der Waals surface area contributed by atoms with Crippen LogP contribution in [0.15, 0.2) is 24.4 Å². The fourth-order valence-electron chi connectivity index (χ4n) is 1.79. The van der Waals surface area contributed by atoms with Gasteiger partial charge in [0.15, 0.2) is 5.78 Å². The Labute approximate surface area is 88.7 Å². The topological polar surface area (TPSA) is 34.9 Å². The number of carbonyl (C=O) groups excluding carboxylic acids is 1. The van der Waals surface area contributed by atoms with Crippen LogP contribution in [0.5, 0.6) is 0 Å². The van der Waals surface area contributed by atoms with Gasteiger partial charge in [-0.1, -0.05) is 12.1 Å². The number of fused-ring (bicyclic) bond motifs is 1. The number of hydrogen-bond donors (Lipinski definition) is 0. The first-order valence-electron chi connectivity index (χ1n) is 5.08. The molecule has 0 aliphatic heterocycles. The highest BCUT2D eigenvalue weighted by molar-refractivity contribution is 6.06. The minimum atomic E-state index is 0.0870. The fraction of sp³-hybridized carbons (Fsp3) is 0.333. The van der Waals surface area contributed by atoms with Crippen LogP contribution in [-0.4, -0.2) is 15.6 Å². The van der Waals surface area contributed by atoms with Crippen molar-refractivity contribution in [2.45, 2.75) is 26.8 Å². The molecule has 2 aromatic rings. The molecule has 0 bridgehead atoms. The summed E-state index contributed by atoms with van der Waals surface area (Å²) in [5.74, 6) is 0.0870. The molecule has 0 fully saturated rings. The molecule has 0 N–H and O–H groups in total. The lowest BCUT2D eigenvalue weighted by atomic mass is 10.1. The summed E-state index contributed by atoms with van der Waals surface area (Å²) in [5.41, 5.74) is 1.78. The van der Waals surface area contributed by atoms with Gasteiger partial charge in [0.05, 0.1) is 11.7 Å². The van der Waals surface area contributed by atoms with Crippen molar-refractivity contribution in [1.82, 2.24) is 9.78 Å². The first-order chi connectivity index (χ1) is 7.11. The van der Waals surface area contributed by atoms with Crippen LogP contribution in [0.4, 0.5) is 0 Å². The molecule has 0 amide bonds. The molecule has 0 radical (unpaired) electrons. The normalized spacial score (nSPS) is 11.2. The molecule has 0 aliphatic rings. The molecule has 0 saturated heterocycles. The Morgan fingerprint density at radius 1 is 1.40 bits per heavy atom. The fourth-order valence-corrected chi connectivity index (χ4v) is 1.79. The smallest absolute Gasteiger partial charge is 0.160 e. The van der Waals surface area contributed by atoms with Gasteiger partial charge < -0.3 is 0 Å². The van der Waals surface area contributed by atoms with E-state index in [0.29, 0.717) is 6.04 Å². The zero-order chi connectivity index (χ0) is 11.0. The van der Waals surface area contributed by atoms with Gasteiger partial charge in [0, 0.05) is 17.0 Å². The van der Waals surface area contributed by atoms with Gasteiger partial charge in [0.1, 0.15) is 0 Å². The average Bonchev–Trinajstić information content (AvgIpc) is 2.59. The Balaban J connectivity index is 2.74. The summed E-state index contributed by atoms with van der Waals surface area (Å²) in [5, 5.41) is 5.25. The second kappa shape index (κ2) is 3.50. The molecule has 1 aromatic heterocycles. The van der Waals surface area contributed by atoms with E-state index < -0.39 is 0 Å². The summed E-state index contributed by atoms with van der Waals surface area (Å²) < 4.78 is 1.93. The van der Waals surface area contributed by atoms with Crippen LogP contribution >= 0.6 is 0 Å². The molecule has 0 atom stereocenters. The third-order valence-corrected chi connectivity index (χ3v) is 2.51. The average molecular weight is 202 g/mol. The monoisotopic (exact) mass is 202 g/mol. The van der Waals surface area contributed by atoms with Crippen LogP contribution in [0.2, 0.25) is 0 Å². The van der Waals surface area contributed by atoms with Crippen molar-refractivity contribution < 1.29 is 4.79 Å². The quantitative estimate of drug-likeness (QED) is 0.702. The first-order valence-corrected chi connectivity index (χ1v) is 5.08. The van der Waals surface area contributed by atoms with Crippen molar-refractivity contribution in [3.8, 4) is 0 Å². The van der Waals surface area contributed by atoms with Crippen molar-refractivity contribution in [3.05, 3.63) is 30.0 Å². The second-order valence-corrected chi connectivity index (χ2v) is 3.98. The van der Waals surface area contributed by atoms with Crippen LogP contribution in [0.3, 0.4) is 0 Å². The maximum absolute atomic E-state index is 11.4. The Kier molecular flexibility index (Phi) is 2.31. The predicted molar refractivity (Wildman–Crippen MR) is 60.1 cm³/mol. The Morgan fingerprint density at radius 3 is 2.73 bits per heavy atom. The molecule has 3 nitrogen and oxygen atoms in total. The summed E-state index contributed by atoms with van der Waals surface area (Å²) in [7, 11) is 0. The van der Waals surface area contributed by atoms with E-state index >= 15 is 0 Å². The van der Waals surface area contributed by atoms with Gasteiger partial charge in [-0.25, -0.2) is 0 Å². The third-order valence-electron chi connectivity index (χ3n) is 2.51. The van der Waals surface area contributed by atoms with E-state index in [1.54, 1.807) is 13.1 Å². The number of hydrogen-bond acceptors (Lipinski definition) is 2. The zero-order valence-corrected chi connectivity index (χ0v) is 9.19. The number of benzene rings is 1. The van der Waals surface area contributed by atoms with Gasteiger partial charge in [-0.05, 0) is 26.8 Å². The van der Waals surface area contributed by atoms with E-state index in [1.807, 2.05) is 22.9 Å². The number of ketones is 1. The van der Waals surface area contributed by atoms with E-state index in [-0.39, 0.29) is 5.78 Å². The van der Waals surface area contributed by atoms with E-state index in [9.17, 15) is 4.79 Å². The Hall–Kier alpha value is -1.64. The van der Waals surface area contributed by atoms with Gasteiger partial charge >= 0.3 is 0 Å². The van der Waals surface area contributed by atoms with Crippen LogP contribution in [-0.2, 0) is 0 Å². The van der Waals surface area contributed by atoms with E-state index in [0.717, 1.165) is 16.5 Å². The molecular formula is C12H14N2O. The largest absolute Gasteiger partial charge is 0.294 e. The first kappa shape index (κ1) is 9.90. The Morgan fingerprint density at radius 2 is 2.13 bits per heavy atom. The van der Waals surface area contributed by atoms with Gasteiger partial charge in [0.2, 0.25) is 0 Å². The highest BCUT2D eigenvalue weighted by atomic mass is 16.1. The zero-order valence-electron chi connectivity index (χ0n) is 9.19. The standard InChI is InChI=1S/C12H14N2O/c1-8(2)14-12-6-4-5-10(9(3)15)11(12)7-13-14/h4-8H,1-3H3. The number of Topliss-reactive ketones (excluding diaryl/α,β-unsaturated/α-hetero) is 1. The molecule has 1 aromatic carbocycles. The highest BCUT2D eigenvalue weighted by Gasteiger charge is 2.10. The third kappa shape index (κ3) is 1.54. The summed E-state index contributed by atoms with van der Waals surface area (Å²) in [6.07, 6.45) is 1.77. The van der Waals surface area contributed by atoms with E-state index in [4.69, 9.17) is 0 Å². The van der Waals surface area contributed by atoms with Crippen LogP contribution < -0.4 is 0 Å². The molecule has 0 unspecified atom stereocenters. The van der Waals surface area contributed by atoms with Crippen molar-refractivity contribution in [1.29, 1.82) is 0 Å². The summed E-state index contributed by atoms with van der Waals surface area (Å²) in [4.78, 5) is 11.4. The Bertz CT molecular complexity index is 511. The molecule has 0 saturated carbocycles. The molecule has 15 heavy (non-hydrogen) atoms. The summed E-state index contributed by atoms with van der Waals surface area (Å²) >= 11 is 0. The maximum atomic E-state index is 11.4. The van der Waals surface area contributed by atoms with Crippen molar-refractivity contribution in [3.63, 3.8) is 0 Å². The van der Waals surface area contributed by atoms with E-state index in [1.165, 1.54) is 0 Å². The number of rotatable bonds is 2.